The maximum absolute atomic E-state index is 12.8. The van der Waals surface area contributed by atoms with Crippen molar-refractivity contribution in [2.75, 3.05) is 39.3 Å². The number of hydrogen-bond donors (Lipinski definition) is 0. The second-order valence-electron chi connectivity index (χ2n) is 8.13. The number of hydrogen-bond acceptors (Lipinski definition) is 4. The van der Waals surface area contributed by atoms with E-state index in [1.54, 1.807) is 23.9 Å². The van der Waals surface area contributed by atoms with Crippen LogP contribution in [0.1, 0.15) is 33.8 Å². The average Bonchev–Trinajstić information content (AvgIpc) is 3.06. The highest BCUT2D eigenvalue weighted by molar-refractivity contribution is 8.01. The van der Waals surface area contributed by atoms with Crippen molar-refractivity contribution in [2.45, 2.75) is 24.5 Å². The second-order valence-corrected chi connectivity index (χ2v) is 9.97. The van der Waals surface area contributed by atoms with Crippen LogP contribution in [0.3, 0.4) is 0 Å². The third-order valence-corrected chi connectivity index (χ3v) is 7.83. The number of carbonyl (C=O) groups is 2. The molecule has 2 saturated heterocycles. The lowest BCUT2D eigenvalue weighted by Crippen LogP contribution is -2.50. The van der Waals surface area contributed by atoms with Crippen molar-refractivity contribution in [1.82, 2.24) is 14.7 Å². The van der Waals surface area contributed by atoms with Crippen molar-refractivity contribution >= 4 is 35.2 Å². The summed E-state index contributed by atoms with van der Waals surface area (Å²) in [4.78, 5) is 31.8. The van der Waals surface area contributed by atoms with Gasteiger partial charge in [-0.25, -0.2) is 0 Å². The lowest BCUT2D eigenvalue weighted by atomic mass is 10.1. The van der Waals surface area contributed by atoms with Crippen LogP contribution in [0.5, 0.6) is 0 Å². The van der Waals surface area contributed by atoms with Gasteiger partial charge in [0.15, 0.2) is 0 Å². The lowest BCUT2D eigenvalue weighted by molar-refractivity contribution is -0.130. The molecule has 2 fully saturated rings. The van der Waals surface area contributed by atoms with E-state index in [-0.39, 0.29) is 22.4 Å². The zero-order valence-corrected chi connectivity index (χ0v) is 19.5. The summed E-state index contributed by atoms with van der Waals surface area (Å²) in [6.45, 7) is 8.57. The Morgan fingerprint density at radius 3 is 2.42 bits per heavy atom. The molecule has 0 aliphatic carbocycles. The van der Waals surface area contributed by atoms with Gasteiger partial charge in [0.2, 0.25) is 5.91 Å². The summed E-state index contributed by atoms with van der Waals surface area (Å²) in [5, 5.41) is 0.554. The number of aryl methyl sites for hydroxylation is 1. The Hall–Kier alpha value is -2.02. The van der Waals surface area contributed by atoms with Gasteiger partial charge in [0, 0.05) is 39.3 Å². The highest BCUT2D eigenvalue weighted by Crippen LogP contribution is 2.43. The van der Waals surface area contributed by atoms with Gasteiger partial charge in [0.25, 0.3) is 5.91 Å². The van der Waals surface area contributed by atoms with E-state index in [9.17, 15) is 9.59 Å². The van der Waals surface area contributed by atoms with Crippen molar-refractivity contribution in [3.05, 3.63) is 70.2 Å². The molecule has 0 radical (unpaired) electrons. The Bertz CT molecular complexity index is 961. The SMILES string of the molecule is Cc1ccccc1C1SC(C)C(=O)N1CCN1CCN(C(=O)c2ccccc2Cl)CC1. The Labute approximate surface area is 193 Å². The number of amides is 2. The summed E-state index contributed by atoms with van der Waals surface area (Å²) in [6.07, 6.45) is 0. The Morgan fingerprint density at radius 1 is 1.03 bits per heavy atom. The highest BCUT2D eigenvalue weighted by atomic mass is 35.5. The standard InChI is InChI=1S/C24H28ClN3O2S/c1-17-7-3-4-8-19(17)24-28(22(29)18(2)31-24)16-13-26-11-14-27(15-12-26)23(30)20-9-5-6-10-21(20)25/h3-10,18,24H,11-16H2,1-2H3. The molecule has 4 rings (SSSR count). The van der Waals surface area contributed by atoms with Crippen molar-refractivity contribution in [3.8, 4) is 0 Å². The quantitative estimate of drug-likeness (QED) is 0.678. The molecule has 2 aromatic carbocycles. The van der Waals surface area contributed by atoms with Crippen LogP contribution in [0, 0.1) is 6.92 Å². The molecule has 5 nitrogen and oxygen atoms in total. The van der Waals surface area contributed by atoms with E-state index in [0.717, 1.165) is 19.6 Å². The van der Waals surface area contributed by atoms with Gasteiger partial charge in [-0.1, -0.05) is 48.0 Å². The number of halogens is 1. The van der Waals surface area contributed by atoms with Gasteiger partial charge in [-0.2, -0.15) is 0 Å². The van der Waals surface area contributed by atoms with E-state index in [4.69, 9.17) is 11.6 Å². The third-order valence-electron chi connectivity index (χ3n) is 6.12. The monoisotopic (exact) mass is 457 g/mol. The van der Waals surface area contributed by atoms with Gasteiger partial charge in [0.05, 0.1) is 15.8 Å². The van der Waals surface area contributed by atoms with Crippen LogP contribution in [-0.2, 0) is 4.79 Å². The molecule has 2 unspecified atom stereocenters. The largest absolute Gasteiger partial charge is 0.336 e. The molecular formula is C24H28ClN3O2S. The van der Waals surface area contributed by atoms with Gasteiger partial charge in [-0.15, -0.1) is 11.8 Å². The molecule has 2 atom stereocenters. The number of nitrogens with zero attached hydrogens (tertiary/aromatic N) is 3. The first-order valence-corrected chi connectivity index (χ1v) is 12.1. The summed E-state index contributed by atoms with van der Waals surface area (Å²) in [6, 6.07) is 15.5. The van der Waals surface area contributed by atoms with E-state index in [1.165, 1.54) is 11.1 Å². The van der Waals surface area contributed by atoms with Crippen molar-refractivity contribution < 1.29 is 9.59 Å². The number of carbonyl (C=O) groups excluding carboxylic acids is 2. The average molecular weight is 458 g/mol. The lowest BCUT2D eigenvalue weighted by Gasteiger charge is -2.36. The second kappa shape index (κ2) is 9.63. The molecule has 31 heavy (non-hydrogen) atoms. The molecule has 2 aromatic rings. The molecule has 0 bridgehead atoms. The van der Waals surface area contributed by atoms with Crippen LogP contribution in [0.15, 0.2) is 48.5 Å². The predicted molar refractivity (Wildman–Crippen MR) is 126 cm³/mol. The normalized spacial score (nSPS) is 22.2. The fraction of sp³-hybridized carbons (Fsp3) is 0.417. The molecule has 2 aliphatic rings. The summed E-state index contributed by atoms with van der Waals surface area (Å²) >= 11 is 7.92. The molecule has 0 N–H and O–H groups in total. The topological polar surface area (TPSA) is 43.9 Å². The number of thioether (sulfide) groups is 1. The van der Waals surface area contributed by atoms with Gasteiger partial charge < -0.3 is 9.80 Å². The molecule has 2 heterocycles. The Morgan fingerprint density at radius 2 is 1.71 bits per heavy atom. The van der Waals surface area contributed by atoms with Gasteiger partial charge in [0.1, 0.15) is 5.37 Å². The zero-order valence-electron chi connectivity index (χ0n) is 18.0. The van der Waals surface area contributed by atoms with E-state index in [1.807, 2.05) is 41.0 Å². The Balaban J connectivity index is 1.34. The summed E-state index contributed by atoms with van der Waals surface area (Å²) in [5.41, 5.74) is 3.01. The van der Waals surface area contributed by atoms with E-state index >= 15 is 0 Å². The zero-order chi connectivity index (χ0) is 22.0. The fourth-order valence-electron chi connectivity index (χ4n) is 4.24. The minimum Gasteiger partial charge on any atom is -0.336 e. The Kier molecular flexibility index (Phi) is 6.89. The van der Waals surface area contributed by atoms with Crippen LogP contribution in [0.25, 0.3) is 0 Å². The molecule has 7 heteroatoms. The first-order chi connectivity index (χ1) is 15.0. The van der Waals surface area contributed by atoms with Crippen molar-refractivity contribution in [2.24, 2.45) is 0 Å². The maximum Gasteiger partial charge on any atom is 0.255 e. The molecule has 0 aromatic heterocycles. The smallest absolute Gasteiger partial charge is 0.255 e. The summed E-state index contributed by atoms with van der Waals surface area (Å²) in [7, 11) is 0. The van der Waals surface area contributed by atoms with Crippen LogP contribution in [0.2, 0.25) is 5.02 Å². The van der Waals surface area contributed by atoms with Crippen molar-refractivity contribution in [3.63, 3.8) is 0 Å². The first kappa shape index (κ1) is 22.2. The molecule has 0 saturated carbocycles. The van der Waals surface area contributed by atoms with Crippen LogP contribution in [0.4, 0.5) is 0 Å². The van der Waals surface area contributed by atoms with E-state index in [0.29, 0.717) is 30.2 Å². The molecule has 2 aliphatic heterocycles. The van der Waals surface area contributed by atoms with Crippen LogP contribution in [-0.4, -0.2) is 71.0 Å². The first-order valence-electron chi connectivity index (χ1n) is 10.7. The van der Waals surface area contributed by atoms with E-state index < -0.39 is 0 Å². The maximum atomic E-state index is 12.8. The number of piperazine rings is 1. The van der Waals surface area contributed by atoms with Gasteiger partial charge in [-0.3, -0.25) is 14.5 Å². The van der Waals surface area contributed by atoms with Crippen LogP contribution >= 0.6 is 23.4 Å². The van der Waals surface area contributed by atoms with Gasteiger partial charge in [-0.05, 0) is 37.1 Å². The van der Waals surface area contributed by atoms with Crippen LogP contribution < -0.4 is 0 Å². The third kappa shape index (κ3) is 4.76. The predicted octanol–water partition coefficient (Wildman–Crippen LogP) is 4.07. The molecule has 0 spiro atoms. The number of benzene rings is 2. The summed E-state index contributed by atoms with van der Waals surface area (Å²) in [5.74, 6) is 0.204. The molecule has 2 amide bonds. The molecule has 164 valence electrons. The summed E-state index contributed by atoms with van der Waals surface area (Å²) < 4.78 is 0. The molecular weight excluding hydrogens is 430 g/mol. The highest BCUT2D eigenvalue weighted by Gasteiger charge is 2.39. The van der Waals surface area contributed by atoms with Gasteiger partial charge >= 0.3 is 0 Å². The minimum absolute atomic E-state index is 0.00943. The van der Waals surface area contributed by atoms with Crippen molar-refractivity contribution in [1.29, 1.82) is 0 Å². The fourth-order valence-corrected chi connectivity index (χ4v) is 5.86. The van der Waals surface area contributed by atoms with E-state index in [2.05, 4.69) is 24.0 Å². The number of rotatable bonds is 5. The minimum atomic E-state index is -0.0188.